The summed E-state index contributed by atoms with van der Waals surface area (Å²) in [6, 6.07) is 9.61. The number of aromatic nitrogens is 1. The fourth-order valence-corrected chi connectivity index (χ4v) is 4.06. The summed E-state index contributed by atoms with van der Waals surface area (Å²) in [7, 11) is 2.02. The Morgan fingerprint density at radius 3 is 2.55 bits per heavy atom. The smallest absolute Gasteiger partial charge is 0.0528 e. The second kappa shape index (κ2) is 5.61. The molecule has 0 radical (unpaired) electrons. The van der Waals surface area contributed by atoms with Crippen molar-refractivity contribution in [1.82, 2.24) is 9.88 Å². The maximum Gasteiger partial charge on any atom is 0.0528 e. The molecule has 1 aromatic heterocycles. The molecule has 1 aliphatic carbocycles. The molecule has 2 unspecified atom stereocenters. The first-order valence-corrected chi connectivity index (χ1v) is 7.92. The van der Waals surface area contributed by atoms with E-state index < -0.39 is 0 Å². The molecule has 1 aliphatic rings. The van der Waals surface area contributed by atoms with Crippen molar-refractivity contribution in [2.24, 2.45) is 11.8 Å². The lowest BCUT2D eigenvalue weighted by Crippen LogP contribution is -2.22. The van der Waals surface area contributed by atoms with Gasteiger partial charge in [0.15, 0.2) is 0 Å². The number of para-hydroxylation sites is 1. The van der Waals surface area contributed by atoms with E-state index in [4.69, 9.17) is 0 Å². The molecule has 3 rings (SSSR count). The van der Waals surface area contributed by atoms with Crippen LogP contribution < -0.4 is 5.32 Å². The first-order chi connectivity index (χ1) is 9.69. The number of benzene rings is 1. The van der Waals surface area contributed by atoms with Crippen molar-refractivity contribution >= 4 is 10.9 Å². The number of hydrogen-bond donors (Lipinski definition) is 1. The minimum Gasteiger partial charge on any atom is -0.344 e. The zero-order valence-corrected chi connectivity index (χ0v) is 12.9. The highest BCUT2D eigenvalue weighted by atomic mass is 15.0. The minimum atomic E-state index is 0.671. The summed E-state index contributed by atoms with van der Waals surface area (Å²) < 4.78 is 2.55. The summed E-state index contributed by atoms with van der Waals surface area (Å²) in [5.74, 6) is 1.69. The average molecular weight is 270 g/mol. The molecule has 1 fully saturated rings. The number of hydrogen-bond acceptors (Lipinski definition) is 1. The van der Waals surface area contributed by atoms with Crippen LogP contribution in [0.5, 0.6) is 0 Å². The highest BCUT2D eigenvalue weighted by Crippen LogP contribution is 2.38. The van der Waals surface area contributed by atoms with E-state index in [2.05, 4.69) is 54.2 Å². The molecule has 0 spiro atoms. The number of rotatable bonds is 3. The van der Waals surface area contributed by atoms with E-state index in [1.807, 2.05) is 7.05 Å². The van der Waals surface area contributed by atoms with Gasteiger partial charge in [0.25, 0.3) is 0 Å². The lowest BCUT2D eigenvalue weighted by atomic mass is 9.80. The second-order valence-electron chi connectivity index (χ2n) is 6.68. The fraction of sp³-hybridized carbons (Fsp3) is 0.556. The Balaban J connectivity index is 2.02. The maximum absolute atomic E-state index is 3.30. The highest BCUT2D eigenvalue weighted by Gasteiger charge is 2.26. The van der Waals surface area contributed by atoms with Gasteiger partial charge in [-0.1, -0.05) is 32.0 Å². The van der Waals surface area contributed by atoms with Gasteiger partial charge in [-0.05, 0) is 55.2 Å². The number of fused-ring (bicyclic) bond motifs is 1. The number of nitrogens with one attached hydrogen (secondary N) is 1. The van der Waals surface area contributed by atoms with Crippen LogP contribution in [0.4, 0.5) is 0 Å². The molecule has 2 nitrogen and oxygen atoms in total. The van der Waals surface area contributed by atoms with Crippen LogP contribution in [0, 0.1) is 11.8 Å². The largest absolute Gasteiger partial charge is 0.344 e. The quantitative estimate of drug-likeness (QED) is 0.877. The fourth-order valence-electron chi connectivity index (χ4n) is 4.06. The summed E-state index contributed by atoms with van der Waals surface area (Å²) in [5.41, 5.74) is 2.86. The SMILES string of the molecule is CNCc1cccc2ccn(C3CC(C)CC(C)C3)c12. The second-order valence-corrected chi connectivity index (χ2v) is 6.68. The monoisotopic (exact) mass is 270 g/mol. The Labute approximate surface area is 122 Å². The third-order valence-electron chi connectivity index (χ3n) is 4.74. The van der Waals surface area contributed by atoms with Gasteiger partial charge in [-0.25, -0.2) is 0 Å². The Morgan fingerprint density at radius 2 is 1.85 bits per heavy atom. The molecule has 1 heterocycles. The molecule has 2 atom stereocenters. The molecule has 0 aliphatic heterocycles. The van der Waals surface area contributed by atoms with E-state index in [-0.39, 0.29) is 0 Å². The zero-order valence-electron chi connectivity index (χ0n) is 12.9. The summed E-state index contributed by atoms with van der Waals surface area (Å²) >= 11 is 0. The lowest BCUT2D eigenvalue weighted by molar-refractivity contribution is 0.225. The maximum atomic E-state index is 3.30. The molecule has 2 aromatic rings. The van der Waals surface area contributed by atoms with E-state index in [0.717, 1.165) is 18.4 Å². The topological polar surface area (TPSA) is 17.0 Å². The number of nitrogens with zero attached hydrogens (tertiary/aromatic N) is 1. The van der Waals surface area contributed by atoms with Gasteiger partial charge in [0.1, 0.15) is 0 Å². The Bertz CT molecular complexity index is 574. The molecule has 1 aromatic carbocycles. The highest BCUT2D eigenvalue weighted by molar-refractivity contribution is 5.83. The predicted octanol–water partition coefficient (Wildman–Crippen LogP) is 4.36. The third kappa shape index (κ3) is 2.49. The van der Waals surface area contributed by atoms with Crippen LogP contribution in [0.2, 0.25) is 0 Å². The zero-order chi connectivity index (χ0) is 14.1. The molecule has 1 N–H and O–H groups in total. The van der Waals surface area contributed by atoms with Crippen molar-refractivity contribution in [3.63, 3.8) is 0 Å². The van der Waals surface area contributed by atoms with Crippen LogP contribution >= 0.6 is 0 Å². The van der Waals surface area contributed by atoms with Gasteiger partial charge >= 0.3 is 0 Å². The standard InChI is InChI=1S/C18H26N2/c1-13-9-14(2)11-17(10-13)20-8-7-15-5-4-6-16(12-19-3)18(15)20/h4-8,13-14,17,19H,9-12H2,1-3H3. The van der Waals surface area contributed by atoms with Gasteiger partial charge in [0.05, 0.1) is 5.52 Å². The van der Waals surface area contributed by atoms with Crippen LogP contribution in [0.1, 0.15) is 44.7 Å². The van der Waals surface area contributed by atoms with Crippen molar-refractivity contribution < 1.29 is 0 Å². The summed E-state index contributed by atoms with van der Waals surface area (Å²) in [6.45, 7) is 5.75. The predicted molar refractivity (Wildman–Crippen MR) is 85.9 cm³/mol. The van der Waals surface area contributed by atoms with Crippen molar-refractivity contribution in [3.8, 4) is 0 Å². The first-order valence-electron chi connectivity index (χ1n) is 7.92. The van der Waals surface area contributed by atoms with E-state index in [0.29, 0.717) is 6.04 Å². The Morgan fingerprint density at radius 1 is 1.10 bits per heavy atom. The summed E-state index contributed by atoms with van der Waals surface area (Å²) in [5, 5.41) is 4.68. The van der Waals surface area contributed by atoms with Gasteiger partial charge in [0.2, 0.25) is 0 Å². The van der Waals surface area contributed by atoms with Crippen LogP contribution in [0.15, 0.2) is 30.5 Å². The molecule has 2 heteroatoms. The molecular formula is C18H26N2. The van der Waals surface area contributed by atoms with E-state index >= 15 is 0 Å². The van der Waals surface area contributed by atoms with E-state index in [9.17, 15) is 0 Å². The summed E-state index contributed by atoms with van der Waals surface area (Å²) in [6.07, 6.45) is 6.34. The lowest BCUT2D eigenvalue weighted by Gasteiger charge is -2.33. The van der Waals surface area contributed by atoms with Crippen molar-refractivity contribution in [2.75, 3.05) is 7.05 Å². The average Bonchev–Trinajstić information content (AvgIpc) is 2.83. The molecule has 0 saturated heterocycles. The molecule has 20 heavy (non-hydrogen) atoms. The van der Waals surface area contributed by atoms with Gasteiger partial charge in [-0.3, -0.25) is 0 Å². The first kappa shape index (κ1) is 13.7. The van der Waals surface area contributed by atoms with Crippen LogP contribution in [-0.2, 0) is 6.54 Å². The van der Waals surface area contributed by atoms with Crippen LogP contribution in [0.25, 0.3) is 10.9 Å². The Hall–Kier alpha value is -1.28. The molecule has 0 bridgehead atoms. The Kier molecular flexibility index (Phi) is 3.84. The normalized spacial score (nSPS) is 27.1. The van der Waals surface area contributed by atoms with E-state index in [1.165, 1.54) is 35.7 Å². The molecular weight excluding hydrogens is 244 g/mol. The molecule has 1 saturated carbocycles. The minimum absolute atomic E-state index is 0.671. The van der Waals surface area contributed by atoms with Gasteiger partial charge in [-0.2, -0.15) is 0 Å². The molecule has 0 amide bonds. The summed E-state index contributed by atoms with van der Waals surface area (Å²) in [4.78, 5) is 0. The van der Waals surface area contributed by atoms with Crippen LogP contribution in [-0.4, -0.2) is 11.6 Å². The molecule has 108 valence electrons. The van der Waals surface area contributed by atoms with Crippen molar-refractivity contribution in [2.45, 2.75) is 45.7 Å². The van der Waals surface area contributed by atoms with Gasteiger partial charge in [-0.15, -0.1) is 0 Å². The van der Waals surface area contributed by atoms with Gasteiger partial charge in [0, 0.05) is 18.8 Å². The van der Waals surface area contributed by atoms with Gasteiger partial charge < -0.3 is 9.88 Å². The third-order valence-corrected chi connectivity index (χ3v) is 4.74. The van der Waals surface area contributed by atoms with Crippen LogP contribution in [0.3, 0.4) is 0 Å². The van der Waals surface area contributed by atoms with Crippen molar-refractivity contribution in [3.05, 3.63) is 36.0 Å². The van der Waals surface area contributed by atoms with Crippen molar-refractivity contribution in [1.29, 1.82) is 0 Å². The van der Waals surface area contributed by atoms with E-state index in [1.54, 1.807) is 0 Å².